The van der Waals surface area contributed by atoms with Crippen LogP contribution in [0.4, 0.5) is 0 Å². The van der Waals surface area contributed by atoms with E-state index < -0.39 is 12.0 Å². The minimum atomic E-state index is -0.673. The molecule has 0 heterocycles. The van der Waals surface area contributed by atoms with Gasteiger partial charge in [0.2, 0.25) is 5.75 Å². The number of carbonyl (C=O) groups excluding carboxylic acids is 1. The number of methoxy groups -OCH3 is 4. The predicted molar refractivity (Wildman–Crippen MR) is 83.7 cm³/mol. The maximum Gasteiger partial charge on any atom is 0.322 e. The molecule has 0 aliphatic rings. The van der Waals surface area contributed by atoms with Crippen molar-refractivity contribution in [3.8, 4) is 17.2 Å². The molecule has 0 radical (unpaired) electrons. The summed E-state index contributed by atoms with van der Waals surface area (Å²) in [6.45, 7) is 2.03. The predicted octanol–water partition coefficient (Wildman–Crippen LogP) is 2.10. The van der Waals surface area contributed by atoms with E-state index >= 15 is 0 Å². The van der Waals surface area contributed by atoms with Gasteiger partial charge in [0.05, 0.1) is 28.4 Å². The molecular weight excluding hydrogens is 286 g/mol. The molecular formula is C16H25NO5. The molecule has 0 saturated heterocycles. The van der Waals surface area contributed by atoms with Crippen molar-refractivity contribution >= 4 is 5.97 Å². The molecule has 22 heavy (non-hydrogen) atoms. The molecule has 0 spiro atoms. The average Bonchev–Trinajstić information content (AvgIpc) is 2.56. The number of rotatable bonds is 8. The van der Waals surface area contributed by atoms with E-state index in [2.05, 4.69) is 0 Å². The van der Waals surface area contributed by atoms with Crippen LogP contribution in [-0.4, -0.2) is 40.5 Å². The van der Waals surface area contributed by atoms with Gasteiger partial charge in [0, 0.05) is 5.56 Å². The Morgan fingerprint density at radius 2 is 1.73 bits per heavy atom. The van der Waals surface area contributed by atoms with Gasteiger partial charge in [-0.15, -0.1) is 0 Å². The summed E-state index contributed by atoms with van der Waals surface area (Å²) < 4.78 is 20.9. The second-order valence-electron chi connectivity index (χ2n) is 4.89. The van der Waals surface area contributed by atoms with Crippen LogP contribution in [0, 0.1) is 0 Å². The fraction of sp³-hybridized carbons (Fsp3) is 0.562. The summed E-state index contributed by atoms with van der Waals surface area (Å²) >= 11 is 0. The molecule has 0 saturated carbocycles. The summed E-state index contributed by atoms with van der Waals surface area (Å²) in [5.41, 5.74) is 6.82. The highest BCUT2D eigenvalue weighted by molar-refractivity contribution is 5.75. The van der Waals surface area contributed by atoms with E-state index in [1.165, 1.54) is 7.11 Å². The maximum atomic E-state index is 11.5. The highest BCUT2D eigenvalue weighted by Gasteiger charge is 2.25. The van der Waals surface area contributed by atoms with E-state index in [1.807, 2.05) is 19.1 Å². The van der Waals surface area contributed by atoms with Gasteiger partial charge in [-0.3, -0.25) is 4.79 Å². The van der Waals surface area contributed by atoms with Gasteiger partial charge < -0.3 is 24.7 Å². The normalized spacial score (nSPS) is 13.2. The Hall–Kier alpha value is -1.95. The van der Waals surface area contributed by atoms with E-state index in [0.717, 1.165) is 12.0 Å². The molecule has 2 atom stereocenters. The third-order valence-corrected chi connectivity index (χ3v) is 3.71. The van der Waals surface area contributed by atoms with Crippen molar-refractivity contribution in [1.82, 2.24) is 0 Å². The highest BCUT2D eigenvalue weighted by Crippen LogP contribution is 2.44. The van der Waals surface area contributed by atoms with Crippen molar-refractivity contribution in [2.24, 2.45) is 5.73 Å². The van der Waals surface area contributed by atoms with Crippen molar-refractivity contribution in [2.75, 3.05) is 28.4 Å². The standard InChI is InChI=1S/C16H25NO5/c1-6-10(9-12(17)16(18)22-5)11-7-8-13(19-2)15(21-4)14(11)20-3/h7-8,10,12H,6,9,17H2,1-5H3. The lowest BCUT2D eigenvalue weighted by Crippen LogP contribution is -2.33. The number of benzene rings is 1. The Labute approximate surface area is 131 Å². The minimum Gasteiger partial charge on any atom is -0.493 e. The first-order chi connectivity index (χ1) is 10.5. The van der Waals surface area contributed by atoms with E-state index in [0.29, 0.717) is 23.7 Å². The van der Waals surface area contributed by atoms with Crippen LogP contribution in [0.5, 0.6) is 17.2 Å². The van der Waals surface area contributed by atoms with Gasteiger partial charge in [-0.2, -0.15) is 0 Å². The molecule has 0 fully saturated rings. The number of ether oxygens (including phenoxy) is 4. The number of nitrogens with two attached hydrogens (primary N) is 1. The van der Waals surface area contributed by atoms with Gasteiger partial charge in [0.1, 0.15) is 6.04 Å². The third-order valence-electron chi connectivity index (χ3n) is 3.71. The SMILES string of the molecule is CCC(CC(N)C(=O)OC)c1ccc(OC)c(OC)c1OC. The number of esters is 1. The second kappa shape index (κ2) is 8.48. The zero-order valence-electron chi connectivity index (χ0n) is 13.8. The van der Waals surface area contributed by atoms with Crippen LogP contribution in [-0.2, 0) is 9.53 Å². The van der Waals surface area contributed by atoms with Crippen LogP contribution >= 0.6 is 0 Å². The van der Waals surface area contributed by atoms with Gasteiger partial charge in [0.25, 0.3) is 0 Å². The van der Waals surface area contributed by atoms with Crippen LogP contribution in [0.15, 0.2) is 12.1 Å². The first-order valence-electron chi connectivity index (χ1n) is 7.16. The van der Waals surface area contributed by atoms with Crippen molar-refractivity contribution in [1.29, 1.82) is 0 Å². The maximum absolute atomic E-state index is 11.5. The van der Waals surface area contributed by atoms with Crippen molar-refractivity contribution in [3.63, 3.8) is 0 Å². The summed E-state index contributed by atoms with van der Waals surface area (Å²) in [4.78, 5) is 11.5. The van der Waals surface area contributed by atoms with Crippen molar-refractivity contribution < 1.29 is 23.7 Å². The first kappa shape index (κ1) is 18.1. The highest BCUT2D eigenvalue weighted by atomic mass is 16.5. The molecule has 1 aromatic rings. The van der Waals surface area contributed by atoms with Gasteiger partial charge in [-0.05, 0) is 24.8 Å². The molecule has 0 bridgehead atoms. The summed E-state index contributed by atoms with van der Waals surface area (Å²) in [6, 6.07) is 3.06. The zero-order chi connectivity index (χ0) is 16.7. The molecule has 124 valence electrons. The summed E-state index contributed by atoms with van der Waals surface area (Å²) in [5, 5.41) is 0. The van der Waals surface area contributed by atoms with Crippen molar-refractivity contribution in [2.45, 2.75) is 31.7 Å². The molecule has 6 nitrogen and oxygen atoms in total. The van der Waals surface area contributed by atoms with Gasteiger partial charge in [0.15, 0.2) is 11.5 Å². The number of carbonyl (C=O) groups is 1. The number of hydrogen-bond acceptors (Lipinski definition) is 6. The average molecular weight is 311 g/mol. The molecule has 1 rings (SSSR count). The Balaban J connectivity index is 3.19. The first-order valence-corrected chi connectivity index (χ1v) is 7.16. The molecule has 2 unspecified atom stereocenters. The van der Waals surface area contributed by atoms with Crippen LogP contribution in [0.2, 0.25) is 0 Å². The lowest BCUT2D eigenvalue weighted by atomic mass is 9.89. The fourth-order valence-electron chi connectivity index (χ4n) is 2.51. The summed E-state index contributed by atoms with van der Waals surface area (Å²) in [7, 11) is 6.04. The lowest BCUT2D eigenvalue weighted by molar-refractivity contribution is -0.142. The molecule has 2 N–H and O–H groups in total. The lowest BCUT2D eigenvalue weighted by Gasteiger charge is -2.23. The fourth-order valence-corrected chi connectivity index (χ4v) is 2.51. The van der Waals surface area contributed by atoms with Gasteiger partial charge in [-0.25, -0.2) is 0 Å². The second-order valence-corrected chi connectivity index (χ2v) is 4.89. The monoisotopic (exact) mass is 311 g/mol. The molecule has 6 heteroatoms. The largest absolute Gasteiger partial charge is 0.493 e. The summed E-state index contributed by atoms with van der Waals surface area (Å²) in [6.07, 6.45) is 1.27. The molecule has 1 aromatic carbocycles. The minimum absolute atomic E-state index is 0.0452. The molecule has 0 aromatic heterocycles. The molecule has 0 aliphatic heterocycles. The Morgan fingerprint density at radius 3 is 2.18 bits per heavy atom. The third kappa shape index (κ3) is 3.82. The van der Waals surface area contributed by atoms with E-state index in [1.54, 1.807) is 21.3 Å². The van der Waals surface area contributed by atoms with Crippen LogP contribution < -0.4 is 19.9 Å². The Bertz CT molecular complexity index is 504. The van der Waals surface area contributed by atoms with E-state index in [4.69, 9.17) is 24.7 Å². The smallest absolute Gasteiger partial charge is 0.322 e. The topological polar surface area (TPSA) is 80.0 Å². The van der Waals surface area contributed by atoms with Crippen LogP contribution in [0.1, 0.15) is 31.2 Å². The quantitative estimate of drug-likeness (QED) is 0.741. The van der Waals surface area contributed by atoms with E-state index in [-0.39, 0.29) is 5.92 Å². The molecule has 0 amide bonds. The Morgan fingerprint density at radius 1 is 1.09 bits per heavy atom. The molecule has 0 aliphatic carbocycles. The van der Waals surface area contributed by atoms with E-state index in [9.17, 15) is 4.79 Å². The zero-order valence-corrected chi connectivity index (χ0v) is 13.8. The summed E-state index contributed by atoms with van der Waals surface area (Å²) in [5.74, 6) is 1.36. The van der Waals surface area contributed by atoms with Gasteiger partial charge in [-0.1, -0.05) is 13.0 Å². The van der Waals surface area contributed by atoms with Crippen LogP contribution in [0.3, 0.4) is 0 Å². The van der Waals surface area contributed by atoms with Crippen molar-refractivity contribution in [3.05, 3.63) is 17.7 Å². The Kier molecular flexibility index (Phi) is 6.98. The van der Waals surface area contributed by atoms with Gasteiger partial charge >= 0.3 is 5.97 Å². The number of hydrogen-bond donors (Lipinski definition) is 1. The van der Waals surface area contributed by atoms with Crippen LogP contribution in [0.25, 0.3) is 0 Å².